The van der Waals surface area contributed by atoms with Crippen LogP contribution in [0.3, 0.4) is 0 Å². The van der Waals surface area contributed by atoms with E-state index < -0.39 is 0 Å². The molecule has 1 aliphatic carbocycles. The van der Waals surface area contributed by atoms with Crippen molar-refractivity contribution in [3.05, 3.63) is 60.7 Å². The molecule has 1 aromatic carbocycles. The molecule has 2 rings (SSSR count). The molecule has 0 radical (unpaired) electrons. The zero-order valence-corrected chi connectivity index (χ0v) is 21.4. The molecule has 0 heterocycles. The number of carbonyl (C=O) groups excluding carboxylic acids is 2. The van der Waals surface area contributed by atoms with Crippen LogP contribution in [0.2, 0.25) is 0 Å². The van der Waals surface area contributed by atoms with Crippen LogP contribution in [-0.2, 0) is 16.1 Å². The molecule has 1 saturated carbocycles. The fraction of sp³-hybridized carbons (Fsp3) is 0.600. The summed E-state index contributed by atoms with van der Waals surface area (Å²) in [7, 11) is 0. The maximum atomic E-state index is 12.9. The monoisotopic (exact) mass is 466 g/mol. The summed E-state index contributed by atoms with van der Waals surface area (Å²) in [6, 6.07) is 10.6. The van der Waals surface area contributed by atoms with Gasteiger partial charge in [0.25, 0.3) is 0 Å². The number of carbonyl (C=O) groups is 2. The van der Waals surface area contributed by atoms with E-state index in [0.29, 0.717) is 12.6 Å². The molecule has 34 heavy (non-hydrogen) atoms. The van der Waals surface area contributed by atoms with Crippen LogP contribution in [0.25, 0.3) is 0 Å². The van der Waals surface area contributed by atoms with E-state index in [1.807, 2.05) is 34.1 Å². The number of allylic oxidation sites excluding steroid dienone is 1. The zero-order valence-electron chi connectivity index (χ0n) is 21.4. The molecule has 0 unspecified atom stereocenters. The maximum Gasteiger partial charge on any atom is 0.246 e. The van der Waals surface area contributed by atoms with Gasteiger partial charge in [-0.2, -0.15) is 0 Å². The first-order valence-corrected chi connectivity index (χ1v) is 13.6. The highest BCUT2D eigenvalue weighted by atomic mass is 16.2. The SMILES string of the molecule is C=CC(=O)N(CCCC/C=C/C(=O)N(CCCCCCC)Cc1ccccc1)C1CCCCC1. The molecule has 0 aliphatic heterocycles. The summed E-state index contributed by atoms with van der Waals surface area (Å²) in [5.74, 6) is 0.165. The van der Waals surface area contributed by atoms with Crippen molar-refractivity contribution in [3.63, 3.8) is 0 Å². The lowest BCUT2D eigenvalue weighted by Gasteiger charge is -2.33. The topological polar surface area (TPSA) is 40.6 Å². The third-order valence-electron chi connectivity index (χ3n) is 6.81. The Morgan fingerprint density at radius 1 is 0.912 bits per heavy atom. The fourth-order valence-corrected chi connectivity index (χ4v) is 4.79. The quantitative estimate of drug-likeness (QED) is 0.193. The first-order chi connectivity index (χ1) is 16.7. The average molecular weight is 467 g/mol. The first-order valence-electron chi connectivity index (χ1n) is 13.6. The van der Waals surface area contributed by atoms with E-state index in [4.69, 9.17) is 0 Å². The van der Waals surface area contributed by atoms with Crippen molar-refractivity contribution in [2.45, 2.75) is 103 Å². The van der Waals surface area contributed by atoms with E-state index in [2.05, 4.69) is 25.6 Å². The highest BCUT2D eigenvalue weighted by Gasteiger charge is 2.23. The first kappa shape index (κ1) is 27.9. The third kappa shape index (κ3) is 10.7. The van der Waals surface area contributed by atoms with Gasteiger partial charge in [-0.3, -0.25) is 9.59 Å². The molecule has 4 heteroatoms. The van der Waals surface area contributed by atoms with Crippen LogP contribution in [0.5, 0.6) is 0 Å². The largest absolute Gasteiger partial charge is 0.336 e. The number of hydrogen-bond acceptors (Lipinski definition) is 2. The molecular weight excluding hydrogens is 420 g/mol. The summed E-state index contributed by atoms with van der Waals surface area (Å²) in [5, 5.41) is 0. The van der Waals surface area contributed by atoms with Gasteiger partial charge in [0.15, 0.2) is 0 Å². The molecular formula is C30H46N2O2. The van der Waals surface area contributed by atoms with Gasteiger partial charge in [0.1, 0.15) is 0 Å². The highest BCUT2D eigenvalue weighted by Crippen LogP contribution is 2.23. The lowest BCUT2D eigenvalue weighted by atomic mass is 9.94. The number of hydrogen-bond donors (Lipinski definition) is 0. The van der Waals surface area contributed by atoms with E-state index in [0.717, 1.165) is 51.6 Å². The minimum absolute atomic E-state index is 0.0631. The summed E-state index contributed by atoms with van der Waals surface area (Å²) < 4.78 is 0. The van der Waals surface area contributed by atoms with Crippen LogP contribution in [0.15, 0.2) is 55.1 Å². The highest BCUT2D eigenvalue weighted by molar-refractivity contribution is 5.87. The Kier molecular flexibility index (Phi) is 14.0. The van der Waals surface area contributed by atoms with Gasteiger partial charge >= 0.3 is 0 Å². The smallest absolute Gasteiger partial charge is 0.246 e. The number of amides is 2. The Morgan fingerprint density at radius 2 is 1.62 bits per heavy atom. The van der Waals surface area contributed by atoms with Gasteiger partial charge in [0.2, 0.25) is 11.8 Å². The lowest BCUT2D eigenvalue weighted by Crippen LogP contribution is -2.41. The molecule has 0 saturated heterocycles. The molecule has 188 valence electrons. The second kappa shape index (κ2) is 17.1. The van der Waals surface area contributed by atoms with Crippen molar-refractivity contribution < 1.29 is 9.59 Å². The molecule has 2 amide bonds. The predicted molar refractivity (Wildman–Crippen MR) is 142 cm³/mol. The molecule has 1 aliphatic rings. The predicted octanol–water partition coefficient (Wildman–Crippen LogP) is 7.06. The van der Waals surface area contributed by atoms with Crippen LogP contribution in [0.1, 0.15) is 96.0 Å². The Hall–Kier alpha value is -2.36. The maximum absolute atomic E-state index is 12.9. The van der Waals surface area contributed by atoms with E-state index in [1.165, 1.54) is 56.6 Å². The zero-order chi connectivity index (χ0) is 24.4. The molecule has 1 fully saturated rings. The number of rotatable bonds is 16. The van der Waals surface area contributed by atoms with Gasteiger partial charge in [-0.15, -0.1) is 0 Å². The summed E-state index contributed by atoms with van der Waals surface area (Å²) in [6.45, 7) is 8.17. The lowest BCUT2D eigenvalue weighted by molar-refractivity contribution is -0.129. The second-order valence-electron chi connectivity index (χ2n) is 9.59. The molecule has 1 aromatic rings. The molecule has 0 aromatic heterocycles. The van der Waals surface area contributed by atoms with E-state index in [-0.39, 0.29) is 11.8 Å². The summed E-state index contributed by atoms with van der Waals surface area (Å²) in [5.41, 5.74) is 1.17. The molecule has 0 atom stereocenters. The average Bonchev–Trinajstić information content (AvgIpc) is 2.88. The minimum Gasteiger partial charge on any atom is -0.336 e. The van der Waals surface area contributed by atoms with Gasteiger partial charge in [0.05, 0.1) is 0 Å². The third-order valence-corrected chi connectivity index (χ3v) is 6.81. The minimum atomic E-state index is 0.0631. The van der Waals surface area contributed by atoms with Crippen molar-refractivity contribution in [2.75, 3.05) is 13.1 Å². The van der Waals surface area contributed by atoms with Crippen molar-refractivity contribution in [2.24, 2.45) is 0 Å². The van der Waals surface area contributed by atoms with Crippen LogP contribution >= 0.6 is 0 Å². The van der Waals surface area contributed by atoms with Crippen molar-refractivity contribution >= 4 is 11.8 Å². The van der Waals surface area contributed by atoms with Crippen LogP contribution in [0.4, 0.5) is 0 Å². The van der Waals surface area contributed by atoms with Gasteiger partial charge in [-0.25, -0.2) is 0 Å². The van der Waals surface area contributed by atoms with Crippen molar-refractivity contribution in [3.8, 4) is 0 Å². The van der Waals surface area contributed by atoms with Crippen LogP contribution < -0.4 is 0 Å². The van der Waals surface area contributed by atoms with Gasteiger partial charge in [-0.1, -0.05) is 94.9 Å². The second-order valence-corrected chi connectivity index (χ2v) is 9.59. The normalized spacial score (nSPS) is 14.3. The summed E-state index contributed by atoms with van der Waals surface area (Å²) in [4.78, 5) is 29.3. The Balaban J connectivity index is 1.78. The van der Waals surface area contributed by atoms with Crippen molar-refractivity contribution in [1.29, 1.82) is 0 Å². The summed E-state index contributed by atoms with van der Waals surface area (Å²) >= 11 is 0. The van der Waals surface area contributed by atoms with E-state index in [1.54, 1.807) is 6.08 Å². The van der Waals surface area contributed by atoms with Crippen molar-refractivity contribution in [1.82, 2.24) is 9.80 Å². The molecule has 4 nitrogen and oxygen atoms in total. The van der Waals surface area contributed by atoms with E-state index >= 15 is 0 Å². The van der Waals surface area contributed by atoms with Gasteiger partial charge in [-0.05, 0) is 56.2 Å². The molecule has 0 bridgehead atoms. The van der Waals surface area contributed by atoms with E-state index in [9.17, 15) is 9.59 Å². The van der Waals surface area contributed by atoms with Crippen LogP contribution in [0, 0.1) is 0 Å². The Morgan fingerprint density at radius 3 is 2.32 bits per heavy atom. The number of benzene rings is 1. The van der Waals surface area contributed by atoms with Gasteiger partial charge in [0, 0.05) is 25.7 Å². The Labute approximate surface area is 208 Å². The summed E-state index contributed by atoms with van der Waals surface area (Å²) in [6.07, 6.45) is 19.9. The fourth-order valence-electron chi connectivity index (χ4n) is 4.79. The Bertz CT molecular complexity index is 737. The van der Waals surface area contributed by atoms with Crippen LogP contribution in [-0.4, -0.2) is 40.7 Å². The van der Waals surface area contributed by atoms with Gasteiger partial charge < -0.3 is 9.80 Å². The molecule has 0 N–H and O–H groups in total. The number of unbranched alkanes of at least 4 members (excludes halogenated alkanes) is 6. The number of nitrogens with zero attached hydrogens (tertiary/aromatic N) is 2. The standard InChI is InChI=1S/C30H46N2O2/c1-3-5-6-8-17-24-31(26-27-19-12-10-13-20-27)30(34)23-16-7-9-18-25-32(29(33)4-2)28-21-14-11-15-22-28/h4,10,12-13,16,19-20,23,28H,2-3,5-9,11,14-15,17-18,21-22,24-26H2,1H3/b23-16+. The molecule has 0 spiro atoms.